The number of fused-ring (bicyclic) bond motifs is 1. The molecule has 2 N–H and O–H groups in total. The maximum absolute atomic E-state index is 13.8. The van der Waals surface area contributed by atoms with Gasteiger partial charge >= 0.3 is 0 Å². The van der Waals surface area contributed by atoms with E-state index in [-0.39, 0.29) is 18.3 Å². The number of hydrogen-bond acceptors (Lipinski definition) is 6. The first-order valence-electron chi connectivity index (χ1n) is 11.9. The second kappa shape index (κ2) is 12.0. The van der Waals surface area contributed by atoms with Gasteiger partial charge in [-0.15, -0.1) is 11.8 Å². The predicted octanol–water partition coefficient (Wildman–Crippen LogP) is 4.92. The van der Waals surface area contributed by atoms with Gasteiger partial charge < -0.3 is 19.8 Å². The number of piperidine rings is 1. The van der Waals surface area contributed by atoms with Crippen LogP contribution in [0.1, 0.15) is 30.9 Å². The molecular weight excluding hydrogens is 451 g/mol. The molecule has 1 aromatic heterocycles. The maximum Gasteiger partial charge on any atom is 0.136 e. The molecule has 0 aliphatic carbocycles. The predicted molar refractivity (Wildman–Crippen MR) is 135 cm³/mol. The zero-order valence-electron chi connectivity index (χ0n) is 19.6. The lowest BCUT2D eigenvalue weighted by molar-refractivity contribution is 0.0608. The average molecular weight is 485 g/mol. The molecule has 2 aromatic carbocycles. The Labute approximate surface area is 205 Å². The minimum Gasteiger partial charge on any atom is -0.497 e. The monoisotopic (exact) mass is 484 g/mol. The van der Waals surface area contributed by atoms with E-state index in [9.17, 15) is 14.6 Å². The van der Waals surface area contributed by atoms with E-state index in [4.69, 9.17) is 4.74 Å². The molecule has 1 unspecified atom stereocenters. The lowest BCUT2D eigenvalue weighted by atomic mass is 9.81. The number of aromatic nitrogens is 1. The Kier molecular flexibility index (Phi) is 8.78. The fourth-order valence-corrected chi connectivity index (χ4v) is 5.83. The number of aliphatic hydroxyl groups is 2. The number of rotatable bonds is 10. The van der Waals surface area contributed by atoms with Crippen LogP contribution in [0.3, 0.4) is 0 Å². The van der Waals surface area contributed by atoms with Gasteiger partial charge in [-0.3, -0.25) is 4.98 Å². The number of likely N-dealkylation sites (tertiary alicyclic amines) is 1. The number of ether oxygens (including phenoxy) is 1. The fourth-order valence-electron chi connectivity index (χ4n) is 4.88. The molecule has 0 amide bonds. The fraction of sp³-hybridized carbons (Fsp3) is 0.444. The topological polar surface area (TPSA) is 65.8 Å². The van der Waals surface area contributed by atoms with Crippen LogP contribution in [-0.2, 0) is 0 Å². The first kappa shape index (κ1) is 24.9. The third-order valence-electron chi connectivity index (χ3n) is 6.86. The summed E-state index contributed by atoms with van der Waals surface area (Å²) in [6, 6.07) is 14.5. The van der Waals surface area contributed by atoms with Crippen molar-refractivity contribution in [1.29, 1.82) is 0 Å². The molecule has 1 aliphatic rings. The molecule has 34 heavy (non-hydrogen) atoms. The van der Waals surface area contributed by atoms with Gasteiger partial charge in [-0.2, -0.15) is 0 Å². The van der Waals surface area contributed by atoms with Crippen molar-refractivity contribution >= 4 is 22.7 Å². The number of hydrogen-bond donors (Lipinski definition) is 2. The summed E-state index contributed by atoms with van der Waals surface area (Å²) in [5.41, 5.74) is 1.71. The van der Waals surface area contributed by atoms with E-state index < -0.39 is 6.10 Å². The Morgan fingerprint density at radius 2 is 2.06 bits per heavy atom. The Morgan fingerprint density at radius 3 is 2.85 bits per heavy atom. The third kappa shape index (κ3) is 6.08. The summed E-state index contributed by atoms with van der Waals surface area (Å²) >= 11 is 1.54. The molecule has 1 saturated heterocycles. The summed E-state index contributed by atoms with van der Waals surface area (Å²) in [5, 5.41) is 21.9. The molecule has 0 saturated carbocycles. The smallest absolute Gasteiger partial charge is 0.136 e. The van der Waals surface area contributed by atoms with Gasteiger partial charge in [0.2, 0.25) is 0 Å². The van der Waals surface area contributed by atoms with Crippen molar-refractivity contribution in [2.75, 3.05) is 39.1 Å². The van der Waals surface area contributed by atoms with Crippen molar-refractivity contribution in [1.82, 2.24) is 9.88 Å². The minimum atomic E-state index is -0.591. The molecule has 3 atom stereocenters. The Balaban J connectivity index is 1.30. The van der Waals surface area contributed by atoms with Crippen molar-refractivity contribution in [3.05, 3.63) is 66.1 Å². The van der Waals surface area contributed by atoms with Crippen LogP contribution in [0.5, 0.6) is 5.75 Å². The van der Waals surface area contributed by atoms with Crippen molar-refractivity contribution in [2.24, 2.45) is 11.8 Å². The van der Waals surface area contributed by atoms with E-state index in [1.807, 2.05) is 36.4 Å². The largest absolute Gasteiger partial charge is 0.497 e. The second-order valence-corrected chi connectivity index (χ2v) is 10.1. The van der Waals surface area contributed by atoms with Crippen molar-refractivity contribution < 1.29 is 19.3 Å². The third-order valence-corrected chi connectivity index (χ3v) is 7.89. The molecule has 182 valence electrons. The second-order valence-electron chi connectivity index (χ2n) is 8.95. The van der Waals surface area contributed by atoms with Gasteiger partial charge in [0.15, 0.2) is 0 Å². The Bertz CT molecular complexity index is 1080. The summed E-state index contributed by atoms with van der Waals surface area (Å²) in [6.07, 6.45) is 3.64. The highest BCUT2D eigenvalue weighted by atomic mass is 32.2. The highest BCUT2D eigenvalue weighted by molar-refractivity contribution is 7.99. The van der Waals surface area contributed by atoms with Gasteiger partial charge in [0, 0.05) is 41.9 Å². The van der Waals surface area contributed by atoms with Gasteiger partial charge in [0.05, 0.1) is 18.7 Å². The number of nitrogens with zero attached hydrogens (tertiary/aromatic N) is 2. The van der Waals surface area contributed by atoms with Crippen LogP contribution in [0.4, 0.5) is 4.39 Å². The maximum atomic E-state index is 13.8. The molecule has 5 nitrogen and oxygen atoms in total. The van der Waals surface area contributed by atoms with Crippen LogP contribution in [0.15, 0.2) is 59.6 Å². The molecule has 3 aromatic rings. The molecule has 0 bridgehead atoms. The first-order chi connectivity index (χ1) is 16.6. The van der Waals surface area contributed by atoms with Crippen molar-refractivity contribution in [2.45, 2.75) is 30.3 Å². The summed E-state index contributed by atoms with van der Waals surface area (Å²) in [4.78, 5) is 7.46. The van der Waals surface area contributed by atoms with Crippen molar-refractivity contribution in [3.8, 4) is 5.75 Å². The Hall–Kier alpha value is -2.19. The Morgan fingerprint density at radius 1 is 1.21 bits per heavy atom. The lowest BCUT2D eigenvalue weighted by Gasteiger charge is -2.38. The van der Waals surface area contributed by atoms with E-state index in [1.54, 1.807) is 19.4 Å². The van der Waals surface area contributed by atoms with Crippen LogP contribution < -0.4 is 4.74 Å². The van der Waals surface area contributed by atoms with E-state index in [2.05, 4.69) is 9.88 Å². The zero-order valence-corrected chi connectivity index (χ0v) is 20.4. The number of benzene rings is 2. The first-order valence-corrected chi connectivity index (χ1v) is 12.9. The van der Waals surface area contributed by atoms with Crippen molar-refractivity contribution in [3.63, 3.8) is 0 Å². The van der Waals surface area contributed by atoms with Crippen LogP contribution in [-0.4, -0.2) is 59.2 Å². The van der Waals surface area contributed by atoms with Crippen LogP contribution in [0.25, 0.3) is 10.9 Å². The summed E-state index contributed by atoms with van der Waals surface area (Å²) < 4.78 is 19.2. The summed E-state index contributed by atoms with van der Waals surface area (Å²) in [5.74, 6) is 1.96. The summed E-state index contributed by atoms with van der Waals surface area (Å²) in [6.45, 7) is 2.82. The molecule has 1 fully saturated rings. The molecule has 4 rings (SSSR count). The molecule has 0 radical (unpaired) electrons. The zero-order chi connectivity index (χ0) is 23.9. The van der Waals surface area contributed by atoms with Gasteiger partial charge in [-0.25, -0.2) is 4.39 Å². The average Bonchev–Trinajstić information content (AvgIpc) is 2.88. The molecule has 2 heterocycles. The lowest BCUT2D eigenvalue weighted by Crippen LogP contribution is -2.43. The number of thioether (sulfide) groups is 1. The van der Waals surface area contributed by atoms with Crippen LogP contribution >= 0.6 is 11.8 Å². The highest BCUT2D eigenvalue weighted by Crippen LogP contribution is 2.33. The van der Waals surface area contributed by atoms with Gasteiger partial charge in [0.25, 0.3) is 0 Å². The molecule has 7 heteroatoms. The number of aliphatic hydroxyl groups excluding tert-OH is 2. The SMILES string of the molecule is COc1ccc2nccc(C(O)CC[C@@H]3CCN(CCSc4ccccc4F)C[C@@H]3CO)c2c1. The summed E-state index contributed by atoms with van der Waals surface area (Å²) in [7, 11) is 1.63. The van der Waals surface area contributed by atoms with Gasteiger partial charge in [-0.05, 0) is 79.6 Å². The van der Waals surface area contributed by atoms with E-state index in [1.165, 1.54) is 17.8 Å². The standard InChI is InChI=1S/C27H33FN2O3S/c1-33-21-7-8-25-23(16-21)22(10-12-29-25)26(32)9-6-19-11-13-30(17-20(19)18-31)14-15-34-27-5-3-2-4-24(27)28/h2-5,7-8,10,12,16,19-20,26,31-32H,6,9,11,13-15,17-18H2,1H3/t19-,20-,26?/m1/s1. The minimum absolute atomic E-state index is 0.146. The molecular formula is C27H33FN2O3S. The van der Waals surface area contributed by atoms with E-state index >= 15 is 0 Å². The van der Waals surface area contributed by atoms with E-state index in [0.29, 0.717) is 17.2 Å². The number of pyridine rings is 1. The van der Waals surface area contributed by atoms with Crippen LogP contribution in [0.2, 0.25) is 0 Å². The van der Waals surface area contributed by atoms with E-state index in [0.717, 1.165) is 60.4 Å². The number of methoxy groups -OCH3 is 1. The van der Waals surface area contributed by atoms with Crippen LogP contribution in [0, 0.1) is 17.7 Å². The molecule has 0 spiro atoms. The number of halogens is 1. The molecule has 1 aliphatic heterocycles. The normalized spacial score (nSPS) is 19.9. The highest BCUT2D eigenvalue weighted by Gasteiger charge is 2.29. The van der Waals surface area contributed by atoms with Gasteiger partial charge in [-0.1, -0.05) is 12.1 Å². The van der Waals surface area contributed by atoms with Gasteiger partial charge in [0.1, 0.15) is 11.6 Å². The quantitative estimate of drug-likeness (QED) is 0.398.